The van der Waals surface area contributed by atoms with Gasteiger partial charge in [-0.3, -0.25) is 28.8 Å². The van der Waals surface area contributed by atoms with Gasteiger partial charge in [0.25, 0.3) is 5.91 Å². The number of benzene rings is 5. The number of para-hydroxylation sites is 2. The number of rotatable bonds is 23. The molecule has 0 radical (unpaired) electrons. The molecule has 4 amide bonds. The van der Waals surface area contributed by atoms with Gasteiger partial charge >= 0.3 is 0 Å². The van der Waals surface area contributed by atoms with Crippen LogP contribution in [0.15, 0.2) is 91.0 Å². The van der Waals surface area contributed by atoms with Crippen LogP contribution in [0, 0.1) is 12.8 Å². The van der Waals surface area contributed by atoms with Crippen molar-refractivity contribution < 1.29 is 47.6 Å². The Labute approximate surface area is 471 Å². The molecule has 9 rings (SSSR count). The van der Waals surface area contributed by atoms with E-state index in [0.717, 1.165) is 58.6 Å². The van der Waals surface area contributed by atoms with Crippen molar-refractivity contribution in [3.05, 3.63) is 136 Å². The molecular weight excluding hydrogens is 1030 g/mol. The van der Waals surface area contributed by atoms with E-state index in [4.69, 9.17) is 14.2 Å². The maximum absolute atomic E-state index is 14.2. The van der Waals surface area contributed by atoms with E-state index in [9.17, 15) is 28.8 Å². The molecule has 4 heterocycles. The fourth-order valence-corrected chi connectivity index (χ4v) is 13.5. The second kappa shape index (κ2) is 24.6. The van der Waals surface area contributed by atoms with Crippen LogP contribution in [0.1, 0.15) is 134 Å². The number of hydrogen-bond donors (Lipinski definition) is 2. The number of ketones is 2. The van der Waals surface area contributed by atoms with Gasteiger partial charge in [-0.15, -0.1) is 0 Å². The zero-order valence-corrected chi connectivity index (χ0v) is 48.1. The number of hydrogen-bond acceptors (Lipinski definition) is 11. The van der Waals surface area contributed by atoms with Gasteiger partial charge in [0.05, 0.1) is 18.8 Å². The van der Waals surface area contributed by atoms with Crippen molar-refractivity contribution in [1.29, 1.82) is 0 Å². The van der Waals surface area contributed by atoms with E-state index in [-0.39, 0.29) is 78.1 Å². The molecule has 4 aliphatic heterocycles. The lowest BCUT2D eigenvalue weighted by molar-refractivity contribution is -0.401. The SMILES string of the molecule is CCC(=O)CCCSSC(C)(C)CCC(=O)N[C@@H](C)C(=O)C[C@@H](C)C(=O)Nc1cc(COc2cc3c(cc2C)C(=O)N2c4ccccc4C[C@H]2[C-]=[N+]3C)cc(COc2cc3c(cc2OC)C(=O)N2c4ccccc4C[C@H]2CC3)c1. The molecule has 0 aliphatic carbocycles. The highest BCUT2D eigenvalue weighted by Crippen LogP contribution is 2.43. The Morgan fingerprint density at radius 3 is 2.19 bits per heavy atom. The van der Waals surface area contributed by atoms with Crippen LogP contribution < -0.4 is 34.6 Å². The van der Waals surface area contributed by atoms with Crippen molar-refractivity contribution in [3.8, 4) is 17.2 Å². The van der Waals surface area contributed by atoms with E-state index in [1.807, 2.05) is 108 Å². The lowest BCUT2D eigenvalue weighted by Gasteiger charge is -2.23. The molecule has 0 unspecified atom stereocenters. The first kappa shape index (κ1) is 56.8. The van der Waals surface area contributed by atoms with Crippen molar-refractivity contribution in [3.63, 3.8) is 0 Å². The number of ether oxygens (including phenoxy) is 3. The van der Waals surface area contributed by atoms with E-state index in [1.165, 1.54) is 5.56 Å². The summed E-state index contributed by atoms with van der Waals surface area (Å²) in [7, 11) is 6.86. The predicted octanol–water partition coefficient (Wildman–Crippen LogP) is 11.2. The first-order valence-corrected chi connectivity index (χ1v) is 29.7. The van der Waals surface area contributed by atoms with Crippen LogP contribution >= 0.6 is 21.6 Å². The quantitative estimate of drug-likeness (QED) is 0.0277. The summed E-state index contributed by atoms with van der Waals surface area (Å²) in [5, 5.41) is 5.88. The number of anilines is 3. The van der Waals surface area contributed by atoms with Crippen LogP contribution in [0.3, 0.4) is 0 Å². The second-order valence-electron chi connectivity index (χ2n) is 21.8. The van der Waals surface area contributed by atoms with Crippen LogP contribution in [0.4, 0.5) is 22.7 Å². The standard InChI is InChI=1S/C63H71N5O9S2/c1-9-49(69)17-14-24-78-79-63(5,6)23-22-59(71)64-40(4)55(70)26-39(3)60(72)65-46-28-41(36-76-56-34-54-51(25-38(56)2)62(74)68-48(35-66(54)7)31-45-16-11-13-19-53(45)68)27-42(29-46)37-77-58-32-43-20-21-47-30-44-15-10-12-18-52(44)67(47)61(73)50(43)33-57(58)75-8/h10-13,15-16,18-19,25,27-29,32-34,39-40,47-48H,9,14,17,20-24,26,30-31,36-37H2,1-8H3,(H,64,71)(H,65,72)/t39-,40+,47-,48+/m1/s1. The lowest BCUT2D eigenvalue weighted by Crippen LogP contribution is -2.40. The van der Waals surface area contributed by atoms with Crippen LogP contribution in [0.5, 0.6) is 17.2 Å². The third kappa shape index (κ3) is 13.1. The maximum atomic E-state index is 14.2. The summed E-state index contributed by atoms with van der Waals surface area (Å²) >= 11 is 0. The molecule has 0 spiro atoms. The Balaban J connectivity index is 0.893. The average molecular weight is 1110 g/mol. The average Bonchev–Trinajstić information content (AvgIpc) is 4.19. The van der Waals surface area contributed by atoms with Gasteiger partial charge in [-0.2, -0.15) is 0 Å². The van der Waals surface area contributed by atoms with Gasteiger partial charge in [0.1, 0.15) is 31.8 Å². The summed E-state index contributed by atoms with van der Waals surface area (Å²) in [6.45, 7) is 11.5. The largest absolute Gasteiger partial charge is 0.493 e. The normalized spacial score (nSPS) is 16.9. The summed E-state index contributed by atoms with van der Waals surface area (Å²) < 4.78 is 20.6. The zero-order chi connectivity index (χ0) is 56.1. The van der Waals surface area contributed by atoms with Crippen molar-refractivity contribution in [2.75, 3.05) is 35.0 Å². The zero-order valence-electron chi connectivity index (χ0n) is 46.5. The molecule has 2 N–H and O–H groups in total. The highest BCUT2D eigenvalue weighted by atomic mass is 33.1. The molecule has 4 aliphatic rings. The molecule has 16 heteroatoms. The monoisotopic (exact) mass is 1110 g/mol. The Bertz CT molecular complexity index is 3230. The smallest absolute Gasteiger partial charge is 0.258 e. The number of Topliss-reactive ketones (excluding diaryl/α,β-unsaturated/α-hetero) is 2. The Morgan fingerprint density at radius 2 is 1.48 bits per heavy atom. The van der Waals surface area contributed by atoms with E-state index in [1.54, 1.807) is 48.6 Å². The Morgan fingerprint density at radius 1 is 0.810 bits per heavy atom. The Kier molecular flexibility index (Phi) is 17.7. The minimum absolute atomic E-state index is 0.0599. The topological polar surface area (TPSA) is 164 Å². The van der Waals surface area contributed by atoms with E-state index in [2.05, 4.69) is 42.8 Å². The molecule has 0 bridgehead atoms. The van der Waals surface area contributed by atoms with Crippen molar-refractivity contribution in [2.45, 2.75) is 142 Å². The van der Waals surface area contributed by atoms with Gasteiger partial charge in [0, 0.05) is 88.6 Å². The molecule has 0 fully saturated rings. The molecule has 79 heavy (non-hydrogen) atoms. The number of aryl methyl sites for hydroxylation is 2. The minimum atomic E-state index is -0.788. The predicted molar refractivity (Wildman–Crippen MR) is 313 cm³/mol. The molecule has 5 aromatic rings. The van der Waals surface area contributed by atoms with Gasteiger partial charge in [0.2, 0.25) is 17.7 Å². The number of amides is 4. The van der Waals surface area contributed by atoms with Gasteiger partial charge in [-0.25, -0.2) is 0 Å². The molecule has 0 aromatic heterocycles. The van der Waals surface area contributed by atoms with Crippen molar-refractivity contribution in [1.82, 2.24) is 5.32 Å². The molecule has 414 valence electrons. The maximum Gasteiger partial charge on any atom is 0.258 e. The number of fused-ring (bicyclic) bond motifs is 8. The van der Waals surface area contributed by atoms with Crippen molar-refractivity contribution in [2.24, 2.45) is 5.92 Å². The number of methoxy groups -OCH3 is 1. The molecular formula is C63H71N5O9S2. The van der Waals surface area contributed by atoms with Crippen LogP contribution in [-0.2, 0) is 51.7 Å². The van der Waals surface area contributed by atoms with Crippen LogP contribution in [-0.4, -0.2) is 88.8 Å². The molecule has 5 aromatic carbocycles. The molecule has 4 atom stereocenters. The number of carbonyl (C=O) groups is 6. The second-order valence-corrected chi connectivity index (χ2v) is 25.0. The first-order chi connectivity index (χ1) is 37.9. The van der Waals surface area contributed by atoms with Gasteiger partial charge in [0.15, 0.2) is 17.3 Å². The Hall–Kier alpha value is -6.91. The highest BCUT2D eigenvalue weighted by Gasteiger charge is 2.39. The molecule has 0 saturated heterocycles. The minimum Gasteiger partial charge on any atom is -0.493 e. The number of carbonyl (C=O) groups excluding carboxylic acids is 6. The van der Waals surface area contributed by atoms with E-state index in [0.29, 0.717) is 77.4 Å². The van der Waals surface area contributed by atoms with E-state index < -0.39 is 12.0 Å². The first-order valence-electron chi connectivity index (χ1n) is 27.4. The van der Waals surface area contributed by atoms with E-state index >= 15 is 0 Å². The summed E-state index contributed by atoms with van der Waals surface area (Å²) in [5.74, 6) is 0.836. The summed E-state index contributed by atoms with van der Waals surface area (Å²) in [6.07, 6.45) is 9.21. The fraction of sp³-hybridized carbons (Fsp3) is 0.413. The van der Waals surface area contributed by atoms with Gasteiger partial charge in [-0.1, -0.05) is 77.9 Å². The summed E-state index contributed by atoms with van der Waals surface area (Å²) in [6, 6.07) is 28.1. The third-order valence-electron chi connectivity index (χ3n) is 15.3. The lowest BCUT2D eigenvalue weighted by atomic mass is 9.99. The van der Waals surface area contributed by atoms with Gasteiger partial charge in [-0.05, 0) is 148 Å². The summed E-state index contributed by atoms with van der Waals surface area (Å²) in [4.78, 5) is 84.3. The summed E-state index contributed by atoms with van der Waals surface area (Å²) in [5.41, 5.74) is 9.47. The molecule has 14 nitrogen and oxygen atoms in total. The van der Waals surface area contributed by atoms with Gasteiger partial charge < -0.3 is 39.2 Å². The van der Waals surface area contributed by atoms with Crippen LogP contribution in [0.2, 0.25) is 0 Å². The fourth-order valence-electron chi connectivity index (χ4n) is 10.9. The number of nitrogens with one attached hydrogen (secondary N) is 2. The molecule has 0 saturated carbocycles. The van der Waals surface area contributed by atoms with Crippen LogP contribution in [0.25, 0.3) is 0 Å². The highest BCUT2D eigenvalue weighted by molar-refractivity contribution is 8.77. The number of nitrogens with zero attached hydrogens (tertiary/aromatic N) is 3. The third-order valence-corrected chi connectivity index (χ3v) is 18.8. The van der Waals surface area contributed by atoms with Crippen molar-refractivity contribution >= 4 is 85.7 Å².